The van der Waals surface area contributed by atoms with Crippen LogP contribution in [-0.2, 0) is 4.79 Å². The topological polar surface area (TPSA) is 38.3 Å². The molecule has 3 nitrogen and oxygen atoms in total. The van der Waals surface area contributed by atoms with Crippen LogP contribution in [-0.4, -0.2) is 12.5 Å². The molecule has 1 amide bonds. The van der Waals surface area contributed by atoms with Gasteiger partial charge in [0.25, 0.3) is 5.91 Å². The van der Waals surface area contributed by atoms with Gasteiger partial charge in [0.05, 0.1) is 5.02 Å². The van der Waals surface area contributed by atoms with E-state index in [0.29, 0.717) is 10.8 Å². The van der Waals surface area contributed by atoms with Crippen LogP contribution in [0.25, 0.3) is 0 Å². The third-order valence-corrected chi connectivity index (χ3v) is 3.35. The quantitative estimate of drug-likeness (QED) is 0.807. The van der Waals surface area contributed by atoms with Crippen LogP contribution >= 0.6 is 34.2 Å². The summed E-state index contributed by atoms with van der Waals surface area (Å²) in [4.78, 5) is 11.7. The van der Waals surface area contributed by atoms with Crippen LogP contribution in [0.15, 0.2) is 48.5 Å². The Labute approximate surface area is 130 Å². The minimum Gasteiger partial charge on any atom is -0.482 e. The van der Waals surface area contributed by atoms with Crippen LogP contribution in [0.3, 0.4) is 0 Å². The molecule has 19 heavy (non-hydrogen) atoms. The Hall–Kier alpha value is -1.27. The number of carbonyl (C=O) groups is 1. The molecule has 0 saturated heterocycles. The Balaban J connectivity index is 1.88. The van der Waals surface area contributed by atoms with Gasteiger partial charge in [-0.2, -0.15) is 0 Å². The van der Waals surface area contributed by atoms with E-state index >= 15 is 0 Å². The average Bonchev–Trinajstić information content (AvgIpc) is 2.40. The van der Waals surface area contributed by atoms with Gasteiger partial charge in [-0.25, -0.2) is 0 Å². The molecule has 0 atom stereocenters. The molecule has 98 valence electrons. The number of hydrogen-bond acceptors (Lipinski definition) is 2. The van der Waals surface area contributed by atoms with Gasteiger partial charge >= 0.3 is 0 Å². The van der Waals surface area contributed by atoms with Crippen LogP contribution in [0.2, 0.25) is 5.02 Å². The Morgan fingerprint density at radius 3 is 2.53 bits per heavy atom. The summed E-state index contributed by atoms with van der Waals surface area (Å²) in [5, 5.41) is 3.24. The van der Waals surface area contributed by atoms with E-state index in [1.165, 1.54) is 0 Å². The number of carbonyl (C=O) groups excluding carboxylic acids is 1. The Morgan fingerprint density at radius 2 is 1.84 bits per heavy atom. The number of benzene rings is 2. The maximum atomic E-state index is 11.7. The molecule has 0 spiro atoms. The first-order valence-electron chi connectivity index (χ1n) is 5.58. The maximum absolute atomic E-state index is 11.7. The second kappa shape index (κ2) is 6.77. The van der Waals surface area contributed by atoms with Crippen molar-refractivity contribution < 1.29 is 9.53 Å². The summed E-state index contributed by atoms with van der Waals surface area (Å²) < 4.78 is 6.46. The number of anilines is 1. The number of para-hydroxylation sites is 1. The molecule has 0 unspecified atom stereocenters. The third kappa shape index (κ3) is 4.40. The van der Waals surface area contributed by atoms with Gasteiger partial charge in [-0.3, -0.25) is 4.79 Å². The van der Waals surface area contributed by atoms with Crippen molar-refractivity contribution in [3.05, 3.63) is 57.1 Å². The molecule has 0 saturated carbocycles. The number of halogens is 2. The Bertz CT molecular complexity index is 572. The fraction of sp³-hybridized carbons (Fsp3) is 0.0714. The number of ether oxygens (including phenoxy) is 1. The van der Waals surface area contributed by atoms with Gasteiger partial charge in [-0.15, -0.1) is 0 Å². The number of hydrogen-bond donors (Lipinski definition) is 1. The van der Waals surface area contributed by atoms with E-state index in [1.54, 1.807) is 24.3 Å². The third-order valence-electron chi connectivity index (χ3n) is 2.32. The highest BCUT2D eigenvalue weighted by atomic mass is 127. The minimum absolute atomic E-state index is 0.0737. The summed E-state index contributed by atoms with van der Waals surface area (Å²) in [7, 11) is 0. The van der Waals surface area contributed by atoms with Crippen LogP contribution in [0.5, 0.6) is 5.75 Å². The summed E-state index contributed by atoms with van der Waals surface area (Å²) in [5.74, 6) is 0.281. The Morgan fingerprint density at radius 1 is 1.16 bits per heavy atom. The highest BCUT2D eigenvalue weighted by Gasteiger charge is 2.05. The molecule has 2 rings (SSSR count). The van der Waals surface area contributed by atoms with Crippen LogP contribution in [0.4, 0.5) is 5.69 Å². The lowest BCUT2D eigenvalue weighted by Gasteiger charge is -2.08. The maximum Gasteiger partial charge on any atom is 0.262 e. The van der Waals surface area contributed by atoms with Crippen molar-refractivity contribution in [2.75, 3.05) is 11.9 Å². The van der Waals surface area contributed by atoms with E-state index in [1.807, 2.05) is 24.3 Å². The Kier molecular flexibility index (Phi) is 5.04. The molecule has 0 aromatic heterocycles. The molecule has 0 aliphatic carbocycles. The van der Waals surface area contributed by atoms with Crippen molar-refractivity contribution >= 4 is 45.8 Å². The minimum atomic E-state index is -0.221. The smallest absolute Gasteiger partial charge is 0.262 e. The molecule has 2 aromatic carbocycles. The number of amides is 1. The zero-order valence-electron chi connectivity index (χ0n) is 9.90. The van der Waals surface area contributed by atoms with Gasteiger partial charge in [-0.1, -0.05) is 23.7 Å². The molecule has 0 aliphatic heterocycles. The molecule has 0 aliphatic rings. The fourth-order valence-electron chi connectivity index (χ4n) is 1.44. The van der Waals surface area contributed by atoms with Crippen molar-refractivity contribution in [2.24, 2.45) is 0 Å². The van der Waals surface area contributed by atoms with Gasteiger partial charge in [0.15, 0.2) is 6.61 Å². The lowest BCUT2D eigenvalue weighted by molar-refractivity contribution is -0.118. The lowest BCUT2D eigenvalue weighted by Crippen LogP contribution is -2.20. The number of rotatable bonds is 4. The van der Waals surface area contributed by atoms with E-state index in [-0.39, 0.29) is 12.5 Å². The first-order chi connectivity index (χ1) is 9.15. The van der Waals surface area contributed by atoms with E-state index in [4.69, 9.17) is 16.3 Å². The second-order valence-corrected chi connectivity index (χ2v) is 5.43. The van der Waals surface area contributed by atoms with Crippen molar-refractivity contribution in [1.82, 2.24) is 0 Å². The van der Waals surface area contributed by atoms with Crippen molar-refractivity contribution in [3.8, 4) is 5.75 Å². The highest BCUT2D eigenvalue weighted by molar-refractivity contribution is 14.1. The summed E-state index contributed by atoms with van der Waals surface area (Å²) in [5.41, 5.74) is 0.744. The van der Waals surface area contributed by atoms with E-state index in [2.05, 4.69) is 27.9 Å². The summed E-state index contributed by atoms with van der Waals surface area (Å²) in [6.45, 7) is -0.0737. The van der Waals surface area contributed by atoms with Gasteiger partial charge in [-0.05, 0) is 59.0 Å². The largest absolute Gasteiger partial charge is 0.482 e. The zero-order valence-corrected chi connectivity index (χ0v) is 12.8. The van der Waals surface area contributed by atoms with Crippen molar-refractivity contribution in [1.29, 1.82) is 0 Å². The predicted octanol–water partition coefficient (Wildman–Crippen LogP) is 3.96. The van der Waals surface area contributed by atoms with E-state index in [9.17, 15) is 4.79 Å². The van der Waals surface area contributed by atoms with Crippen LogP contribution in [0, 0.1) is 3.57 Å². The van der Waals surface area contributed by atoms with E-state index < -0.39 is 0 Å². The first kappa shape index (κ1) is 14.1. The van der Waals surface area contributed by atoms with E-state index in [0.717, 1.165) is 9.26 Å². The standard InChI is InChI=1S/C14H11ClINO2/c15-12-3-1-2-4-13(12)19-9-14(18)17-11-7-5-10(16)6-8-11/h1-8H,9H2,(H,17,18). The summed E-state index contributed by atoms with van der Waals surface area (Å²) in [6.07, 6.45) is 0. The molecular weight excluding hydrogens is 377 g/mol. The molecule has 5 heteroatoms. The molecule has 0 fully saturated rings. The highest BCUT2D eigenvalue weighted by Crippen LogP contribution is 2.22. The average molecular weight is 388 g/mol. The fourth-order valence-corrected chi connectivity index (χ4v) is 1.99. The first-order valence-corrected chi connectivity index (χ1v) is 7.03. The monoisotopic (exact) mass is 387 g/mol. The van der Waals surface area contributed by atoms with Gasteiger partial charge in [0.2, 0.25) is 0 Å². The SMILES string of the molecule is O=C(COc1ccccc1Cl)Nc1ccc(I)cc1. The van der Waals surface area contributed by atoms with Crippen molar-refractivity contribution in [3.63, 3.8) is 0 Å². The van der Waals surface area contributed by atoms with Crippen LogP contribution in [0.1, 0.15) is 0 Å². The lowest BCUT2D eigenvalue weighted by atomic mass is 10.3. The molecule has 2 aromatic rings. The normalized spacial score (nSPS) is 10.0. The van der Waals surface area contributed by atoms with Gasteiger partial charge < -0.3 is 10.1 Å². The molecule has 0 radical (unpaired) electrons. The predicted molar refractivity (Wildman–Crippen MR) is 84.7 cm³/mol. The molecule has 1 N–H and O–H groups in total. The zero-order chi connectivity index (χ0) is 13.7. The molecular formula is C14H11ClINO2. The van der Waals surface area contributed by atoms with Crippen molar-refractivity contribution in [2.45, 2.75) is 0 Å². The number of nitrogens with one attached hydrogen (secondary N) is 1. The summed E-state index contributed by atoms with van der Waals surface area (Å²) >= 11 is 8.13. The van der Waals surface area contributed by atoms with Gasteiger partial charge in [0, 0.05) is 9.26 Å². The molecule has 0 bridgehead atoms. The second-order valence-electron chi connectivity index (χ2n) is 3.77. The van der Waals surface area contributed by atoms with Gasteiger partial charge in [0.1, 0.15) is 5.75 Å². The molecule has 0 heterocycles. The van der Waals surface area contributed by atoms with Crippen LogP contribution < -0.4 is 10.1 Å². The summed E-state index contributed by atoms with van der Waals surface area (Å²) in [6, 6.07) is 14.6.